The monoisotopic (exact) mass is 1840 g/mol. The first-order valence-corrected chi connectivity index (χ1v) is 46.4. The van der Waals surface area contributed by atoms with Crippen LogP contribution in [0.5, 0.6) is 23.0 Å². The van der Waals surface area contributed by atoms with E-state index in [1.807, 2.05) is 267 Å². The zero-order valence-corrected chi connectivity index (χ0v) is 75.9. The molecular formula is C115H100N12O12. The van der Waals surface area contributed by atoms with Crippen molar-refractivity contribution >= 4 is 57.7 Å². The fourth-order valence-corrected chi connectivity index (χ4v) is 17.9. The lowest BCUT2D eigenvalue weighted by Crippen LogP contribution is -2.21. The lowest BCUT2D eigenvalue weighted by atomic mass is 9.91. The number of aromatic hydroxyl groups is 4. The predicted molar refractivity (Wildman–Crippen MR) is 535 cm³/mol. The van der Waals surface area contributed by atoms with Gasteiger partial charge in [0.2, 0.25) is 23.6 Å². The van der Waals surface area contributed by atoms with Gasteiger partial charge in [-0.05, 0) is 221 Å². The van der Waals surface area contributed by atoms with Gasteiger partial charge < -0.3 is 62.1 Å². The minimum absolute atomic E-state index is 0.155. The summed E-state index contributed by atoms with van der Waals surface area (Å²) in [6.07, 6.45) is 4.29. The third-order valence-corrected chi connectivity index (χ3v) is 25.0. The second-order valence-electron chi connectivity index (χ2n) is 34.7. The molecule has 0 radical (unpaired) electrons. The van der Waals surface area contributed by atoms with Gasteiger partial charge in [-0.15, -0.1) is 0 Å². The van der Waals surface area contributed by atoms with Gasteiger partial charge >= 0.3 is 0 Å². The largest absolute Gasteiger partial charge is 0.508 e. The van der Waals surface area contributed by atoms with Gasteiger partial charge in [-0.3, -0.25) is 19.2 Å². The van der Waals surface area contributed by atoms with Gasteiger partial charge in [-0.25, -0.2) is 39.9 Å². The summed E-state index contributed by atoms with van der Waals surface area (Å²) in [6, 6.07) is 101. The Morgan fingerprint density at radius 2 is 0.525 bits per heavy atom. The van der Waals surface area contributed by atoms with Crippen LogP contribution in [0.15, 0.2) is 328 Å². The summed E-state index contributed by atoms with van der Waals surface area (Å²) >= 11 is 0. The molecule has 24 nitrogen and oxygen atoms in total. The Labute approximate surface area is 802 Å². The first kappa shape index (κ1) is 92.8. The highest BCUT2D eigenvalue weighted by atomic mass is 16.3. The number of fused-ring (bicyclic) bond motifs is 13. The van der Waals surface area contributed by atoms with E-state index in [9.17, 15) is 60.0 Å². The number of aromatic nitrogens is 8. The minimum atomic E-state index is -1.07. The zero-order chi connectivity index (χ0) is 95.8. The van der Waals surface area contributed by atoms with Crippen LogP contribution in [0.4, 0.5) is 23.3 Å². The Kier molecular flexibility index (Phi) is 28.7. The Hall–Kier alpha value is -16.6. The molecule has 4 aliphatic carbocycles. The summed E-state index contributed by atoms with van der Waals surface area (Å²) in [7, 11) is 0. The lowest BCUT2D eigenvalue weighted by molar-refractivity contribution is -0.117. The van der Waals surface area contributed by atoms with E-state index in [0.29, 0.717) is 139 Å². The predicted octanol–water partition coefficient (Wildman–Crippen LogP) is 19.2. The molecular weight excluding hydrogens is 1740 g/mol. The maximum Gasteiger partial charge on any atom is 0.229 e. The topological polar surface area (TPSA) is 381 Å². The van der Waals surface area contributed by atoms with Crippen molar-refractivity contribution in [3.8, 4) is 68.0 Å². The molecule has 0 bridgehead atoms. The van der Waals surface area contributed by atoms with Crippen LogP contribution in [0.25, 0.3) is 55.8 Å². The fraction of sp³-hybridized carbons (Fsp3) is 0.165. The number of rotatable bonds is 23. The molecule has 21 rings (SSSR count). The maximum atomic E-state index is 13.1. The van der Waals surface area contributed by atoms with Crippen molar-refractivity contribution in [3.63, 3.8) is 0 Å². The number of amides is 4. The Bertz CT molecular complexity index is 7340. The molecule has 13 aromatic carbocycles. The molecule has 4 heterocycles. The van der Waals surface area contributed by atoms with Crippen molar-refractivity contribution in [2.24, 2.45) is 0 Å². The number of aryl methyl sites for hydroxylation is 10. The third-order valence-electron chi connectivity index (χ3n) is 25.0. The van der Waals surface area contributed by atoms with E-state index in [-0.39, 0.29) is 82.6 Å². The number of phenols is 4. The number of hydrogen-bond donors (Lipinski definition) is 12. The highest BCUT2D eigenvalue weighted by molar-refractivity contribution is 5.95. The van der Waals surface area contributed by atoms with Crippen LogP contribution in [-0.2, 0) is 96.2 Å². The van der Waals surface area contributed by atoms with Crippen molar-refractivity contribution in [1.29, 1.82) is 0 Å². The maximum absolute atomic E-state index is 13.1. The van der Waals surface area contributed by atoms with Gasteiger partial charge in [0.1, 0.15) is 70.2 Å². The van der Waals surface area contributed by atoms with Crippen LogP contribution in [0, 0.1) is 0 Å². The number of phenolic OH excluding ortho intramolecular Hbond substituents is 4. The first-order chi connectivity index (χ1) is 67.8. The molecule has 17 aromatic rings. The molecule has 139 heavy (non-hydrogen) atoms. The number of aliphatic hydroxyl groups is 4. The smallest absolute Gasteiger partial charge is 0.229 e. The van der Waals surface area contributed by atoms with Crippen LogP contribution < -0.4 is 21.3 Å². The van der Waals surface area contributed by atoms with Gasteiger partial charge in [0.25, 0.3) is 0 Å². The van der Waals surface area contributed by atoms with Gasteiger partial charge in [-0.2, -0.15) is 0 Å². The summed E-state index contributed by atoms with van der Waals surface area (Å²) in [4.78, 5) is 90.0. The van der Waals surface area contributed by atoms with Crippen LogP contribution in [-0.4, -0.2) is 104 Å². The van der Waals surface area contributed by atoms with E-state index in [1.54, 1.807) is 48.5 Å². The average Bonchev–Trinajstić information content (AvgIpc) is 0.773. The van der Waals surface area contributed by atoms with Gasteiger partial charge in [-0.1, -0.05) is 255 Å². The second-order valence-corrected chi connectivity index (χ2v) is 34.7. The van der Waals surface area contributed by atoms with Crippen molar-refractivity contribution in [3.05, 3.63) is 440 Å². The SMILES string of the molecule is O=C(CCCc1ccccc1)Nc1nc2c(nc1C(O)c1ccccc1)-c1ccc(O)cc1CC2.O=C(CCc1ccccc1)Nc1nc2c(nc1C(O)c1ccccc1)-c1ccc(O)cc1CC2.O=C(Cc1ccc2ccccc2c1)Nc1nc2c(nc1C(O)c1ccccc1)-c1ccc(O)cc1CC2.O=C(Cc1ccccc1)Nc1nc2c(nc1C(O)c1ccccc1)-c1ccc(O)cc1CC2. The molecule has 0 saturated heterocycles. The van der Waals surface area contributed by atoms with Crippen LogP contribution in [0.1, 0.15) is 156 Å². The molecule has 12 N–H and O–H groups in total. The van der Waals surface area contributed by atoms with E-state index < -0.39 is 24.4 Å². The molecule has 692 valence electrons. The molecule has 4 aromatic heterocycles. The molecule has 0 aliphatic heterocycles. The van der Waals surface area contributed by atoms with Crippen molar-refractivity contribution < 1.29 is 60.0 Å². The molecule has 4 aliphatic rings. The normalized spacial score (nSPS) is 13.0. The molecule has 4 amide bonds. The number of carbonyl (C=O) groups excluding carboxylic acids is 4. The molecule has 0 spiro atoms. The van der Waals surface area contributed by atoms with E-state index in [1.165, 1.54) is 5.56 Å². The van der Waals surface area contributed by atoms with Crippen LogP contribution in [0.3, 0.4) is 0 Å². The molecule has 4 unspecified atom stereocenters. The molecule has 0 fully saturated rings. The average molecular weight is 1840 g/mol. The molecule has 4 atom stereocenters. The van der Waals surface area contributed by atoms with Gasteiger partial charge in [0, 0.05) is 35.1 Å². The number of nitrogens with zero attached hydrogens (tertiary/aromatic N) is 8. The number of aliphatic hydroxyl groups excluding tert-OH is 4. The number of hydrogen-bond acceptors (Lipinski definition) is 20. The van der Waals surface area contributed by atoms with E-state index in [4.69, 9.17) is 39.9 Å². The standard InChI is InChI=1S/C31H25N3O3.C29H27N3O3.C28H25N3O3.C27H23N3O3/c35-24-13-14-25-23(18-24)12-15-26-28(25)34-29(30(37)21-7-2-1-3-8-21)31(32-26)33-27(36)17-19-10-11-20-6-4-5-9-22(20)16-19;33-22-15-16-23-21(18-22)14-17-24-26(23)32-27(28(35)20-11-5-2-6-12-20)29(30-24)31-25(34)13-7-10-19-8-3-1-4-9-19;32-21-13-14-22-20(17-21)12-15-23-25(22)31-26(27(34)19-9-5-2-6-10-19)28(29-23)30-24(33)16-11-18-7-3-1-4-8-18;31-20-12-13-21-19(16-20)11-14-22-24(21)30-25(26(33)18-9-5-2-6-10-18)27(28-22)29-23(32)15-17-7-3-1-4-8-17/h1-11,13-14,16,18,30,35,37H,12,15,17H2,(H,32,33,36);1-6,8-9,11-12,15-16,18,28,33,35H,7,10,13-14,17H2,(H,30,31,34);1-10,13-14,17,27,32,34H,11-12,15-16H2,(H,29,30,33);1-10,12-13,16,26,31,33H,11,14-15H2,(H,28,29,32). The number of carbonyl (C=O) groups is 4. The highest BCUT2D eigenvalue weighted by Gasteiger charge is 2.33. The Morgan fingerprint density at radius 1 is 0.252 bits per heavy atom. The lowest BCUT2D eigenvalue weighted by Gasteiger charge is -2.23. The highest BCUT2D eigenvalue weighted by Crippen LogP contribution is 2.43. The summed E-state index contributed by atoms with van der Waals surface area (Å²) in [6.45, 7) is 0. The van der Waals surface area contributed by atoms with Gasteiger partial charge in [0.05, 0.1) is 58.4 Å². The zero-order valence-electron chi connectivity index (χ0n) is 75.9. The molecule has 0 saturated carbocycles. The van der Waals surface area contributed by atoms with Gasteiger partial charge in [0.15, 0.2) is 23.3 Å². The van der Waals surface area contributed by atoms with E-state index in [0.717, 1.165) is 108 Å². The first-order valence-electron chi connectivity index (χ1n) is 46.4. The summed E-state index contributed by atoms with van der Waals surface area (Å²) < 4.78 is 0. The number of nitrogens with one attached hydrogen (secondary N) is 4. The van der Waals surface area contributed by atoms with E-state index in [2.05, 4.69) is 33.4 Å². The summed E-state index contributed by atoms with van der Waals surface area (Å²) in [5.41, 5.74) is 21.1. The van der Waals surface area contributed by atoms with Crippen molar-refractivity contribution in [2.45, 2.75) is 121 Å². The Balaban J connectivity index is 0.000000123. The quantitative estimate of drug-likeness (QED) is 0.0283. The summed E-state index contributed by atoms with van der Waals surface area (Å²) in [5.74, 6) is 1.17. The number of benzene rings is 13. The number of anilines is 4. The van der Waals surface area contributed by atoms with Crippen molar-refractivity contribution in [2.75, 3.05) is 21.3 Å². The minimum Gasteiger partial charge on any atom is -0.508 e. The Morgan fingerprint density at radius 3 is 0.856 bits per heavy atom. The second kappa shape index (κ2) is 42.9. The fourth-order valence-electron chi connectivity index (χ4n) is 17.9. The van der Waals surface area contributed by atoms with Crippen LogP contribution >= 0.6 is 0 Å². The van der Waals surface area contributed by atoms with Crippen molar-refractivity contribution in [1.82, 2.24) is 39.9 Å². The van der Waals surface area contributed by atoms with E-state index >= 15 is 0 Å². The molecule has 24 heteroatoms. The van der Waals surface area contributed by atoms with Crippen LogP contribution in [0.2, 0.25) is 0 Å². The summed E-state index contributed by atoms with van der Waals surface area (Å²) in [5, 5.41) is 98.3. The third kappa shape index (κ3) is 22.3.